The van der Waals surface area contributed by atoms with E-state index in [2.05, 4.69) is 9.97 Å². The number of nitrogens with zero attached hydrogens (tertiary/aromatic N) is 4. The van der Waals surface area contributed by atoms with Gasteiger partial charge < -0.3 is 15.4 Å². The van der Waals surface area contributed by atoms with E-state index < -0.39 is 12.0 Å². The third kappa shape index (κ3) is 5.01. The number of halogens is 2. The summed E-state index contributed by atoms with van der Waals surface area (Å²) in [6.07, 6.45) is 6.04. The summed E-state index contributed by atoms with van der Waals surface area (Å²) in [4.78, 5) is 35.4. The highest BCUT2D eigenvalue weighted by Gasteiger charge is 2.35. The molecule has 0 bridgehead atoms. The predicted octanol–water partition coefficient (Wildman–Crippen LogP) is 2.75. The molecule has 8 nitrogen and oxygen atoms in total. The average molecular weight is 445 g/mol. The summed E-state index contributed by atoms with van der Waals surface area (Å²) in [6.45, 7) is 0.653. The number of primary amides is 1. The Bertz CT molecular complexity index is 1010. The van der Waals surface area contributed by atoms with E-state index in [0.717, 1.165) is 35.1 Å². The minimum absolute atomic E-state index is 0.0464. The van der Waals surface area contributed by atoms with Crippen LogP contribution in [0.3, 0.4) is 0 Å². The number of likely N-dealkylation sites (tertiary alicyclic amines) is 1. The fraction of sp³-hybridized carbons (Fsp3) is 0.455. The van der Waals surface area contributed by atoms with Crippen LogP contribution >= 0.6 is 0 Å². The maximum absolute atomic E-state index is 13.2. The molecule has 1 fully saturated rings. The van der Waals surface area contributed by atoms with E-state index in [-0.39, 0.29) is 45.1 Å². The van der Waals surface area contributed by atoms with E-state index >= 15 is 0 Å². The zero-order valence-electron chi connectivity index (χ0n) is 17.6. The number of anilines is 1. The molecule has 2 aromatic heterocycles. The normalized spacial score (nSPS) is 17.7. The number of piperidine rings is 1. The van der Waals surface area contributed by atoms with Crippen LogP contribution in [-0.2, 0) is 22.6 Å². The molecule has 0 spiro atoms. The average Bonchev–Trinajstić information content (AvgIpc) is 2.78. The topological polar surface area (TPSA) is 102 Å². The molecule has 2 aliphatic rings. The first kappa shape index (κ1) is 22.1. The number of carbonyl (C=O) groups is 2. The van der Waals surface area contributed by atoms with Gasteiger partial charge in [-0.25, -0.2) is 18.6 Å². The summed E-state index contributed by atoms with van der Waals surface area (Å²) in [5.74, 6) is -2.38. The molecule has 0 aromatic carbocycles. The summed E-state index contributed by atoms with van der Waals surface area (Å²) < 4.78 is 32.0. The number of aromatic nitrogens is 2. The number of aryl methyl sites for hydroxylation is 1. The summed E-state index contributed by atoms with van der Waals surface area (Å²) in [5, 5.41) is 0. The Balaban J connectivity index is 1.37. The number of ether oxygens (including phenoxy) is 1. The van der Waals surface area contributed by atoms with Crippen LogP contribution in [0, 0.1) is 0 Å². The lowest BCUT2D eigenvalue weighted by Gasteiger charge is -2.31. The van der Waals surface area contributed by atoms with Crippen molar-refractivity contribution in [3.05, 3.63) is 41.9 Å². The molecule has 1 saturated heterocycles. The van der Waals surface area contributed by atoms with Gasteiger partial charge in [-0.05, 0) is 36.1 Å². The van der Waals surface area contributed by atoms with E-state index in [9.17, 15) is 18.4 Å². The number of urea groups is 1. The molecule has 0 radical (unpaired) electrons. The number of nitrogens with two attached hydrogens (primary N) is 1. The fourth-order valence-electron chi connectivity index (χ4n) is 3.99. The third-order valence-corrected chi connectivity index (χ3v) is 5.76. The van der Waals surface area contributed by atoms with Crippen molar-refractivity contribution < 1.29 is 23.1 Å². The Morgan fingerprint density at radius 1 is 1.09 bits per heavy atom. The number of hydrogen-bond donors (Lipinski definition) is 1. The minimum Gasteiger partial charge on any atom is -0.367 e. The number of amides is 3. The van der Waals surface area contributed by atoms with Crippen LogP contribution in [0.1, 0.15) is 30.4 Å². The molecule has 10 heteroatoms. The summed E-state index contributed by atoms with van der Waals surface area (Å²) in [7, 11) is 0. The number of alkyl halides is 2. The Labute approximate surface area is 184 Å². The molecule has 3 amide bonds. The van der Waals surface area contributed by atoms with Crippen LogP contribution in [0.4, 0.5) is 19.4 Å². The van der Waals surface area contributed by atoms with Gasteiger partial charge in [0, 0.05) is 62.2 Å². The summed E-state index contributed by atoms with van der Waals surface area (Å²) >= 11 is 0. The monoisotopic (exact) mass is 445 g/mol. The van der Waals surface area contributed by atoms with Crippen LogP contribution in [0.2, 0.25) is 0 Å². The van der Waals surface area contributed by atoms with Crippen LogP contribution < -0.4 is 10.6 Å². The minimum atomic E-state index is -2.69. The van der Waals surface area contributed by atoms with Crippen molar-refractivity contribution in [3.63, 3.8) is 0 Å². The second-order valence-corrected chi connectivity index (χ2v) is 8.11. The Morgan fingerprint density at radius 2 is 1.84 bits per heavy atom. The lowest BCUT2D eigenvalue weighted by molar-refractivity contribution is -0.142. The molecule has 0 atom stereocenters. The second-order valence-electron chi connectivity index (χ2n) is 8.11. The molecule has 2 aliphatic heterocycles. The maximum atomic E-state index is 13.2. The zero-order valence-corrected chi connectivity index (χ0v) is 17.6. The van der Waals surface area contributed by atoms with Crippen molar-refractivity contribution in [3.8, 4) is 11.1 Å². The Hall–Kier alpha value is -3.14. The van der Waals surface area contributed by atoms with Gasteiger partial charge in [0.1, 0.15) is 12.4 Å². The van der Waals surface area contributed by atoms with Crippen molar-refractivity contribution in [1.29, 1.82) is 0 Å². The molecule has 170 valence electrons. The zero-order chi connectivity index (χ0) is 22.7. The first-order chi connectivity index (χ1) is 15.3. The third-order valence-electron chi connectivity index (χ3n) is 5.76. The molecular formula is C22H25F2N5O3. The highest BCUT2D eigenvalue weighted by Crippen LogP contribution is 2.30. The molecule has 0 saturated carbocycles. The molecule has 2 aromatic rings. The number of rotatable bonds is 5. The van der Waals surface area contributed by atoms with Crippen molar-refractivity contribution in [2.24, 2.45) is 5.73 Å². The smallest absolute Gasteiger partial charge is 0.320 e. The molecule has 2 N–H and O–H groups in total. The van der Waals surface area contributed by atoms with Gasteiger partial charge in [-0.3, -0.25) is 14.7 Å². The summed E-state index contributed by atoms with van der Waals surface area (Å²) in [6, 6.07) is 3.37. The van der Waals surface area contributed by atoms with Gasteiger partial charge >= 0.3 is 6.03 Å². The van der Waals surface area contributed by atoms with E-state index in [0.29, 0.717) is 12.4 Å². The first-order valence-corrected chi connectivity index (χ1v) is 10.6. The number of hydrogen-bond acceptors (Lipinski definition) is 5. The Morgan fingerprint density at radius 3 is 2.59 bits per heavy atom. The summed E-state index contributed by atoms with van der Waals surface area (Å²) in [5.41, 5.74) is 8.86. The number of pyridine rings is 2. The van der Waals surface area contributed by atoms with E-state index in [4.69, 9.17) is 10.5 Å². The lowest BCUT2D eigenvalue weighted by Crippen LogP contribution is -2.44. The van der Waals surface area contributed by atoms with Gasteiger partial charge in [0.05, 0.1) is 6.61 Å². The Kier molecular flexibility index (Phi) is 6.31. The fourth-order valence-corrected chi connectivity index (χ4v) is 3.99. The van der Waals surface area contributed by atoms with E-state index in [1.54, 1.807) is 18.6 Å². The molecule has 0 unspecified atom stereocenters. The van der Waals surface area contributed by atoms with Crippen molar-refractivity contribution in [1.82, 2.24) is 14.9 Å². The molecular weight excluding hydrogens is 420 g/mol. The van der Waals surface area contributed by atoms with Gasteiger partial charge in [0.15, 0.2) is 0 Å². The number of carbonyl (C=O) groups excluding carboxylic acids is 2. The van der Waals surface area contributed by atoms with E-state index in [1.165, 1.54) is 9.80 Å². The van der Waals surface area contributed by atoms with Crippen molar-refractivity contribution in [2.75, 3.05) is 31.1 Å². The molecule has 0 aliphatic carbocycles. The SMILES string of the molecule is NC(=O)N1CCCc2cc(-c3cncc(COCC(=O)N4CCC(F)(F)CC4)c3)cnc21. The highest BCUT2D eigenvalue weighted by molar-refractivity contribution is 5.91. The van der Waals surface area contributed by atoms with E-state index in [1.807, 2.05) is 12.1 Å². The molecule has 32 heavy (non-hydrogen) atoms. The van der Waals surface area contributed by atoms with Crippen molar-refractivity contribution in [2.45, 2.75) is 38.2 Å². The van der Waals surface area contributed by atoms with Gasteiger partial charge in [0.25, 0.3) is 5.92 Å². The van der Waals surface area contributed by atoms with Gasteiger partial charge in [-0.2, -0.15) is 0 Å². The lowest BCUT2D eigenvalue weighted by atomic mass is 10.0. The van der Waals surface area contributed by atoms with Gasteiger partial charge in [-0.1, -0.05) is 0 Å². The standard InChI is InChI=1S/C22H25F2N5O3/c23-22(24)3-6-28(7-4-22)19(30)14-32-13-15-8-17(11-26-10-15)18-9-16-2-1-5-29(21(25)31)20(16)27-12-18/h8-12H,1-7,13-14H2,(H2,25,31). The number of fused-ring (bicyclic) bond motifs is 1. The van der Waals surface area contributed by atoms with Crippen LogP contribution in [-0.4, -0.2) is 59.0 Å². The highest BCUT2D eigenvalue weighted by atomic mass is 19.3. The quantitative estimate of drug-likeness (QED) is 0.763. The maximum Gasteiger partial charge on any atom is 0.320 e. The van der Waals surface area contributed by atoms with Gasteiger partial charge in [-0.15, -0.1) is 0 Å². The molecule has 4 rings (SSSR count). The second kappa shape index (κ2) is 9.15. The largest absolute Gasteiger partial charge is 0.367 e. The van der Waals surface area contributed by atoms with Gasteiger partial charge in [0.2, 0.25) is 5.91 Å². The van der Waals surface area contributed by atoms with Crippen molar-refractivity contribution >= 4 is 17.8 Å². The van der Waals surface area contributed by atoms with Crippen LogP contribution in [0.5, 0.6) is 0 Å². The predicted molar refractivity (Wildman–Crippen MR) is 113 cm³/mol. The van der Waals surface area contributed by atoms with Crippen LogP contribution in [0.25, 0.3) is 11.1 Å². The first-order valence-electron chi connectivity index (χ1n) is 10.6. The van der Waals surface area contributed by atoms with Crippen LogP contribution in [0.15, 0.2) is 30.7 Å². The molecule has 4 heterocycles.